The SMILES string of the molecule is Cc1nc2ncc(Nc3ccc(-c4ccc(C(=O)N(C)C)cc4)cn3)cc2o1. The third-order valence-electron chi connectivity index (χ3n) is 4.26. The summed E-state index contributed by atoms with van der Waals surface area (Å²) in [5, 5.41) is 3.21. The number of carbonyl (C=O) groups excluding carboxylic acids is 1. The lowest BCUT2D eigenvalue weighted by molar-refractivity contribution is 0.0827. The number of amides is 1. The summed E-state index contributed by atoms with van der Waals surface area (Å²) in [6.07, 6.45) is 3.48. The number of oxazole rings is 1. The van der Waals surface area contributed by atoms with Gasteiger partial charge in [0.2, 0.25) is 0 Å². The van der Waals surface area contributed by atoms with Crippen molar-refractivity contribution in [1.29, 1.82) is 0 Å². The first-order valence-corrected chi connectivity index (χ1v) is 8.78. The van der Waals surface area contributed by atoms with Gasteiger partial charge in [0.1, 0.15) is 5.82 Å². The molecule has 4 aromatic rings. The van der Waals surface area contributed by atoms with Crippen molar-refractivity contribution in [3.63, 3.8) is 0 Å². The van der Waals surface area contributed by atoms with E-state index in [-0.39, 0.29) is 5.91 Å². The smallest absolute Gasteiger partial charge is 0.253 e. The lowest BCUT2D eigenvalue weighted by Crippen LogP contribution is -2.21. The molecule has 1 aromatic carbocycles. The van der Waals surface area contributed by atoms with Gasteiger partial charge in [0.05, 0.1) is 11.9 Å². The number of nitrogens with zero attached hydrogens (tertiary/aromatic N) is 4. The van der Waals surface area contributed by atoms with Crippen LogP contribution in [0.4, 0.5) is 11.5 Å². The van der Waals surface area contributed by atoms with Crippen LogP contribution in [0.2, 0.25) is 0 Å². The molecule has 0 spiro atoms. The van der Waals surface area contributed by atoms with E-state index in [9.17, 15) is 4.79 Å². The molecule has 0 atom stereocenters. The molecule has 0 aliphatic heterocycles. The highest BCUT2D eigenvalue weighted by Gasteiger charge is 2.08. The second kappa shape index (κ2) is 7.11. The number of hydrogen-bond acceptors (Lipinski definition) is 6. The average Bonchev–Trinajstić information content (AvgIpc) is 3.07. The Morgan fingerprint density at radius 3 is 2.43 bits per heavy atom. The number of aromatic nitrogens is 3. The van der Waals surface area contributed by atoms with Gasteiger partial charge in [0, 0.05) is 44.4 Å². The molecule has 140 valence electrons. The topological polar surface area (TPSA) is 84.2 Å². The van der Waals surface area contributed by atoms with E-state index in [4.69, 9.17) is 4.42 Å². The van der Waals surface area contributed by atoms with Crippen molar-refractivity contribution in [1.82, 2.24) is 19.9 Å². The van der Waals surface area contributed by atoms with Crippen LogP contribution in [0.1, 0.15) is 16.2 Å². The van der Waals surface area contributed by atoms with Gasteiger partial charge >= 0.3 is 0 Å². The van der Waals surface area contributed by atoms with Crippen LogP contribution in [-0.2, 0) is 0 Å². The molecule has 0 fully saturated rings. The molecular formula is C21H19N5O2. The standard InChI is InChI=1S/C21H19N5O2/c1-13-24-20-18(28-13)10-17(12-23-20)25-19-9-8-16(11-22-19)14-4-6-15(7-5-14)21(27)26(2)3/h4-12H,1-3H3,(H,22,25). The van der Waals surface area contributed by atoms with Crippen molar-refractivity contribution in [2.75, 3.05) is 19.4 Å². The zero-order valence-electron chi connectivity index (χ0n) is 15.8. The van der Waals surface area contributed by atoms with E-state index in [1.54, 1.807) is 38.3 Å². The van der Waals surface area contributed by atoms with Gasteiger partial charge in [-0.05, 0) is 29.8 Å². The lowest BCUT2D eigenvalue weighted by atomic mass is 10.1. The summed E-state index contributed by atoms with van der Waals surface area (Å²) in [6.45, 7) is 1.79. The number of nitrogens with one attached hydrogen (secondary N) is 1. The number of rotatable bonds is 4. The van der Waals surface area contributed by atoms with Crippen LogP contribution in [0.5, 0.6) is 0 Å². The molecule has 0 bridgehead atoms. The van der Waals surface area contributed by atoms with Crippen LogP contribution >= 0.6 is 0 Å². The minimum atomic E-state index is -0.0169. The molecular weight excluding hydrogens is 354 g/mol. The molecule has 3 aromatic heterocycles. The first kappa shape index (κ1) is 17.7. The fourth-order valence-corrected chi connectivity index (χ4v) is 2.85. The molecule has 1 N–H and O–H groups in total. The Balaban J connectivity index is 1.50. The Bertz CT molecular complexity index is 1130. The molecule has 3 heterocycles. The van der Waals surface area contributed by atoms with Crippen molar-refractivity contribution in [2.24, 2.45) is 0 Å². The number of aryl methyl sites for hydroxylation is 1. The third-order valence-corrected chi connectivity index (χ3v) is 4.26. The quantitative estimate of drug-likeness (QED) is 0.581. The minimum Gasteiger partial charge on any atom is -0.439 e. The monoisotopic (exact) mass is 373 g/mol. The normalized spacial score (nSPS) is 10.8. The predicted molar refractivity (Wildman–Crippen MR) is 108 cm³/mol. The van der Waals surface area contributed by atoms with Gasteiger partial charge < -0.3 is 14.6 Å². The molecule has 4 rings (SSSR count). The fraction of sp³-hybridized carbons (Fsp3) is 0.143. The van der Waals surface area contributed by atoms with E-state index >= 15 is 0 Å². The minimum absolute atomic E-state index is 0.0169. The van der Waals surface area contributed by atoms with Crippen LogP contribution in [-0.4, -0.2) is 39.9 Å². The van der Waals surface area contributed by atoms with Gasteiger partial charge in [-0.25, -0.2) is 9.97 Å². The van der Waals surface area contributed by atoms with Gasteiger partial charge in [0.25, 0.3) is 5.91 Å². The predicted octanol–water partition coefficient (Wildman–Crippen LogP) is 4.04. The highest BCUT2D eigenvalue weighted by molar-refractivity contribution is 5.94. The number of anilines is 2. The maximum Gasteiger partial charge on any atom is 0.253 e. The molecule has 0 aliphatic rings. The van der Waals surface area contributed by atoms with Gasteiger partial charge in [-0.3, -0.25) is 4.79 Å². The Morgan fingerprint density at radius 2 is 1.75 bits per heavy atom. The second-order valence-electron chi connectivity index (χ2n) is 6.61. The maximum absolute atomic E-state index is 12.0. The van der Waals surface area contributed by atoms with E-state index in [0.717, 1.165) is 16.8 Å². The summed E-state index contributed by atoms with van der Waals surface area (Å²) in [5.74, 6) is 1.26. The zero-order chi connectivity index (χ0) is 19.7. The summed E-state index contributed by atoms with van der Waals surface area (Å²) < 4.78 is 5.50. The molecule has 7 nitrogen and oxygen atoms in total. The Kier molecular flexibility index (Phi) is 4.49. The molecule has 0 unspecified atom stereocenters. The van der Waals surface area contributed by atoms with E-state index in [2.05, 4.69) is 20.3 Å². The van der Waals surface area contributed by atoms with Crippen molar-refractivity contribution in [3.8, 4) is 11.1 Å². The van der Waals surface area contributed by atoms with E-state index in [1.165, 1.54) is 0 Å². The molecule has 7 heteroatoms. The van der Waals surface area contributed by atoms with Crippen LogP contribution in [0, 0.1) is 6.92 Å². The fourth-order valence-electron chi connectivity index (χ4n) is 2.85. The van der Waals surface area contributed by atoms with Gasteiger partial charge in [-0.15, -0.1) is 0 Å². The Labute approximate surface area is 162 Å². The van der Waals surface area contributed by atoms with E-state index < -0.39 is 0 Å². The number of benzene rings is 1. The zero-order valence-corrected chi connectivity index (χ0v) is 15.8. The first-order chi connectivity index (χ1) is 13.5. The summed E-state index contributed by atoms with van der Waals surface area (Å²) in [4.78, 5) is 26.5. The average molecular weight is 373 g/mol. The van der Waals surface area contributed by atoms with Gasteiger partial charge in [-0.2, -0.15) is 4.98 Å². The van der Waals surface area contributed by atoms with Crippen molar-refractivity contribution < 1.29 is 9.21 Å². The van der Waals surface area contributed by atoms with Crippen molar-refractivity contribution in [3.05, 3.63) is 66.3 Å². The number of fused-ring (bicyclic) bond motifs is 1. The summed E-state index contributed by atoms with van der Waals surface area (Å²) in [6, 6.07) is 13.2. The molecule has 28 heavy (non-hydrogen) atoms. The number of carbonyl (C=O) groups is 1. The highest BCUT2D eigenvalue weighted by atomic mass is 16.3. The number of hydrogen-bond donors (Lipinski definition) is 1. The van der Waals surface area contributed by atoms with Crippen molar-refractivity contribution >= 4 is 28.6 Å². The molecule has 0 aliphatic carbocycles. The number of pyridine rings is 2. The summed E-state index contributed by atoms with van der Waals surface area (Å²) in [7, 11) is 3.48. The Morgan fingerprint density at radius 1 is 1.00 bits per heavy atom. The Hall–Kier alpha value is -3.74. The van der Waals surface area contributed by atoms with Gasteiger partial charge in [-0.1, -0.05) is 12.1 Å². The second-order valence-corrected chi connectivity index (χ2v) is 6.61. The highest BCUT2D eigenvalue weighted by Crippen LogP contribution is 2.23. The molecule has 0 radical (unpaired) electrons. The summed E-state index contributed by atoms with van der Waals surface area (Å²) >= 11 is 0. The molecule has 1 amide bonds. The maximum atomic E-state index is 12.0. The van der Waals surface area contributed by atoms with Gasteiger partial charge in [0.15, 0.2) is 17.1 Å². The van der Waals surface area contributed by atoms with Crippen LogP contribution < -0.4 is 5.32 Å². The largest absolute Gasteiger partial charge is 0.439 e. The first-order valence-electron chi connectivity index (χ1n) is 8.78. The van der Waals surface area contributed by atoms with Crippen LogP contribution in [0.15, 0.2) is 59.3 Å². The summed E-state index contributed by atoms with van der Waals surface area (Å²) in [5.41, 5.74) is 4.61. The van der Waals surface area contributed by atoms with E-state index in [1.807, 2.05) is 42.5 Å². The molecule has 0 saturated carbocycles. The van der Waals surface area contributed by atoms with Crippen LogP contribution in [0.3, 0.4) is 0 Å². The van der Waals surface area contributed by atoms with E-state index in [0.29, 0.717) is 28.5 Å². The van der Waals surface area contributed by atoms with Crippen molar-refractivity contribution in [2.45, 2.75) is 6.92 Å². The van der Waals surface area contributed by atoms with Crippen LogP contribution in [0.25, 0.3) is 22.4 Å². The lowest BCUT2D eigenvalue weighted by Gasteiger charge is -2.11. The molecule has 0 saturated heterocycles. The third kappa shape index (κ3) is 3.55.